The van der Waals surface area contributed by atoms with E-state index in [2.05, 4.69) is 35.5 Å². The van der Waals surface area contributed by atoms with E-state index in [-0.39, 0.29) is 0 Å². The summed E-state index contributed by atoms with van der Waals surface area (Å²) in [4.78, 5) is 16.7. The molecule has 0 bridgehead atoms. The zero-order valence-electron chi connectivity index (χ0n) is 12.6. The van der Waals surface area contributed by atoms with Crippen LogP contribution in [0.4, 0.5) is 5.95 Å². The fraction of sp³-hybridized carbons (Fsp3) is 0.214. The molecule has 0 spiro atoms. The molecule has 23 heavy (non-hydrogen) atoms. The van der Waals surface area contributed by atoms with Gasteiger partial charge in [-0.1, -0.05) is 0 Å². The maximum absolute atomic E-state index is 5.10. The van der Waals surface area contributed by atoms with Gasteiger partial charge in [-0.2, -0.15) is 15.1 Å². The molecule has 0 saturated carbocycles. The highest BCUT2D eigenvalue weighted by molar-refractivity contribution is 5.53. The molecule has 9 heteroatoms. The molecule has 118 valence electrons. The number of nitrogens with one attached hydrogen (secondary N) is 2. The highest BCUT2D eigenvalue weighted by atomic mass is 16.5. The first-order valence-corrected chi connectivity index (χ1v) is 6.81. The molecule has 9 nitrogen and oxygen atoms in total. The van der Waals surface area contributed by atoms with Crippen LogP contribution in [-0.2, 0) is 6.54 Å². The minimum absolute atomic E-state index is 0.378. The zero-order chi connectivity index (χ0) is 16.1. The second-order valence-corrected chi connectivity index (χ2v) is 4.47. The standard InChI is InChI=1S/C14H15N7O2/c1-22-11-7-12(23-2)19-14(18-11)16-8-10-17-13(21-20-10)9-3-5-15-6-4-9/h3-7H,8H2,1-2H3,(H,16,18,19)(H,17,20,21). The number of H-pyrrole nitrogens is 1. The van der Waals surface area contributed by atoms with Crippen LogP contribution in [-0.4, -0.2) is 44.4 Å². The molecule has 0 radical (unpaired) electrons. The summed E-state index contributed by atoms with van der Waals surface area (Å²) in [6.07, 6.45) is 3.39. The van der Waals surface area contributed by atoms with Gasteiger partial charge in [0, 0.05) is 18.0 Å². The summed E-state index contributed by atoms with van der Waals surface area (Å²) in [5.41, 5.74) is 0.891. The fourth-order valence-corrected chi connectivity index (χ4v) is 1.86. The normalized spacial score (nSPS) is 10.3. The Morgan fingerprint density at radius 2 is 1.74 bits per heavy atom. The van der Waals surface area contributed by atoms with Crippen molar-refractivity contribution in [2.75, 3.05) is 19.5 Å². The Labute approximate surface area is 132 Å². The molecule has 0 aromatic carbocycles. The van der Waals surface area contributed by atoms with Crippen LogP contribution in [0.5, 0.6) is 11.8 Å². The third-order valence-electron chi connectivity index (χ3n) is 2.98. The van der Waals surface area contributed by atoms with E-state index in [4.69, 9.17) is 9.47 Å². The van der Waals surface area contributed by atoms with Crippen molar-refractivity contribution in [3.05, 3.63) is 36.4 Å². The van der Waals surface area contributed by atoms with Gasteiger partial charge in [-0.3, -0.25) is 10.1 Å². The maximum atomic E-state index is 5.10. The molecule has 0 fully saturated rings. The Kier molecular flexibility index (Phi) is 4.27. The van der Waals surface area contributed by atoms with Gasteiger partial charge in [0.2, 0.25) is 17.7 Å². The van der Waals surface area contributed by atoms with Crippen molar-refractivity contribution >= 4 is 5.95 Å². The zero-order valence-corrected chi connectivity index (χ0v) is 12.6. The Balaban J connectivity index is 1.70. The Morgan fingerprint density at radius 1 is 1.04 bits per heavy atom. The van der Waals surface area contributed by atoms with Crippen molar-refractivity contribution < 1.29 is 9.47 Å². The van der Waals surface area contributed by atoms with E-state index >= 15 is 0 Å². The summed E-state index contributed by atoms with van der Waals surface area (Å²) in [5, 5.41) is 10.1. The van der Waals surface area contributed by atoms with Gasteiger partial charge in [0.25, 0.3) is 0 Å². The summed E-state index contributed by atoms with van der Waals surface area (Å²) in [6.45, 7) is 0.383. The highest BCUT2D eigenvalue weighted by Gasteiger charge is 2.08. The molecule has 3 aromatic heterocycles. The first-order valence-electron chi connectivity index (χ1n) is 6.81. The smallest absolute Gasteiger partial charge is 0.229 e. The van der Waals surface area contributed by atoms with E-state index in [1.807, 2.05) is 12.1 Å². The number of hydrogen-bond donors (Lipinski definition) is 2. The van der Waals surface area contributed by atoms with Crippen LogP contribution in [0.15, 0.2) is 30.6 Å². The molecule has 3 aromatic rings. The van der Waals surface area contributed by atoms with Gasteiger partial charge < -0.3 is 14.8 Å². The monoisotopic (exact) mass is 313 g/mol. The van der Waals surface area contributed by atoms with Crippen molar-refractivity contribution in [3.8, 4) is 23.1 Å². The topological polar surface area (TPSA) is 111 Å². The van der Waals surface area contributed by atoms with Gasteiger partial charge >= 0.3 is 0 Å². The third kappa shape index (κ3) is 3.51. The average Bonchev–Trinajstić information content (AvgIpc) is 3.09. The molecule has 0 aliphatic carbocycles. The number of anilines is 1. The molecule has 0 saturated heterocycles. The molecule has 0 atom stereocenters. The van der Waals surface area contributed by atoms with Gasteiger partial charge in [-0.25, -0.2) is 4.98 Å². The van der Waals surface area contributed by atoms with Crippen LogP contribution >= 0.6 is 0 Å². The van der Waals surface area contributed by atoms with Crippen LogP contribution in [0, 0.1) is 0 Å². The maximum Gasteiger partial charge on any atom is 0.229 e. The number of pyridine rings is 1. The number of aromatic nitrogens is 6. The van der Waals surface area contributed by atoms with E-state index < -0.39 is 0 Å². The van der Waals surface area contributed by atoms with Gasteiger partial charge in [0.05, 0.1) is 26.8 Å². The lowest BCUT2D eigenvalue weighted by Crippen LogP contribution is -2.06. The highest BCUT2D eigenvalue weighted by Crippen LogP contribution is 2.18. The first kappa shape index (κ1) is 14.7. The predicted octanol–water partition coefficient (Wildman–Crippen LogP) is 1.29. The quantitative estimate of drug-likeness (QED) is 0.700. The number of aromatic amines is 1. The van der Waals surface area contributed by atoms with Crippen LogP contribution < -0.4 is 14.8 Å². The van der Waals surface area contributed by atoms with E-state index in [0.717, 1.165) is 5.56 Å². The summed E-state index contributed by atoms with van der Waals surface area (Å²) >= 11 is 0. The van der Waals surface area contributed by atoms with Gasteiger partial charge in [-0.15, -0.1) is 0 Å². The van der Waals surface area contributed by atoms with Crippen molar-refractivity contribution in [3.63, 3.8) is 0 Å². The minimum Gasteiger partial charge on any atom is -0.481 e. The van der Waals surface area contributed by atoms with Crippen LogP contribution in [0.3, 0.4) is 0 Å². The Hall–Kier alpha value is -3.23. The molecular formula is C14H15N7O2. The van der Waals surface area contributed by atoms with E-state index in [1.165, 1.54) is 14.2 Å². The molecule has 0 aliphatic heterocycles. The molecule has 3 rings (SSSR count). The number of hydrogen-bond acceptors (Lipinski definition) is 8. The number of methoxy groups -OCH3 is 2. The summed E-state index contributed by atoms with van der Waals surface area (Å²) < 4.78 is 10.2. The Morgan fingerprint density at radius 3 is 2.39 bits per heavy atom. The molecular weight excluding hydrogens is 298 g/mol. The lowest BCUT2D eigenvalue weighted by Gasteiger charge is -2.07. The largest absolute Gasteiger partial charge is 0.481 e. The molecule has 0 unspecified atom stereocenters. The van der Waals surface area contributed by atoms with Crippen molar-refractivity contribution in [2.24, 2.45) is 0 Å². The lowest BCUT2D eigenvalue weighted by atomic mass is 10.2. The van der Waals surface area contributed by atoms with E-state index in [1.54, 1.807) is 18.5 Å². The summed E-state index contributed by atoms with van der Waals surface area (Å²) in [5.74, 6) is 2.46. The van der Waals surface area contributed by atoms with Crippen molar-refractivity contribution in [1.82, 2.24) is 30.1 Å². The molecule has 3 heterocycles. The second-order valence-electron chi connectivity index (χ2n) is 4.47. The van der Waals surface area contributed by atoms with Crippen LogP contribution in [0.2, 0.25) is 0 Å². The van der Waals surface area contributed by atoms with Crippen LogP contribution in [0.1, 0.15) is 5.82 Å². The fourth-order valence-electron chi connectivity index (χ4n) is 1.86. The van der Waals surface area contributed by atoms with Gasteiger partial charge in [0.1, 0.15) is 5.82 Å². The molecule has 0 aliphatic rings. The minimum atomic E-state index is 0.378. The SMILES string of the molecule is COc1cc(OC)nc(NCc2nc(-c3ccncc3)n[nH]2)n1. The first-order chi connectivity index (χ1) is 11.3. The number of ether oxygens (including phenoxy) is 2. The summed E-state index contributed by atoms with van der Waals surface area (Å²) in [6, 6.07) is 5.29. The molecule has 2 N–H and O–H groups in total. The van der Waals surface area contributed by atoms with E-state index in [9.17, 15) is 0 Å². The van der Waals surface area contributed by atoms with E-state index in [0.29, 0.717) is 35.9 Å². The predicted molar refractivity (Wildman–Crippen MR) is 82.1 cm³/mol. The average molecular weight is 313 g/mol. The lowest BCUT2D eigenvalue weighted by molar-refractivity contribution is 0.373. The number of nitrogens with zero attached hydrogens (tertiary/aromatic N) is 5. The Bertz CT molecular complexity index is 754. The van der Waals surface area contributed by atoms with Crippen LogP contribution in [0.25, 0.3) is 11.4 Å². The second kappa shape index (κ2) is 6.69. The third-order valence-corrected chi connectivity index (χ3v) is 2.98. The van der Waals surface area contributed by atoms with Crippen molar-refractivity contribution in [1.29, 1.82) is 0 Å². The van der Waals surface area contributed by atoms with Gasteiger partial charge in [-0.05, 0) is 12.1 Å². The summed E-state index contributed by atoms with van der Waals surface area (Å²) in [7, 11) is 3.06. The number of rotatable bonds is 6. The van der Waals surface area contributed by atoms with Gasteiger partial charge in [0.15, 0.2) is 5.82 Å². The van der Waals surface area contributed by atoms with Crippen molar-refractivity contribution in [2.45, 2.75) is 6.54 Å². The molecule has 0 amide bonds.